The number of rotatable bonds is 0. The predicted octanol–water partition coefficient (Wildman–Crippen LogP) is 1.36. The molecule has 0 saturated heterocycles. The molecule has 3 nitrogen and oxygen atoms in total. The number of aromatic nitrogens is 1. The molecule has 1 heterocycles. The van der Waals surface area contributed by atoms with Crippen molar-refractivity contribution in [3.05, 3.63) is 23.5 Å². The minimum absolute atomic E-state index is 0.0355. The van der Waals surface area contributed by atoms with Crippen molar-refractivity contribution in [2.75, 3.05) is 0 Å². The number of halogens is 3. The summed E-state index contributed by atoms with van der Waals surface area (Å²) in [7, 11) is 0. The van der Waals surface area contributed by atoms with E-state index in [9.17, 15) is 22.8 Å². The van der Waals surface area contributed by atoms with E-state index in [1.54, 1.807) is 0 Å². The molecule has 80 valence electrons. The second kappa shape index (κ2) is 2.95. The first-order valence-electron chi connectivity index (χ1n) is 4.21. The summed E-state index contributed by atoms with van der Waals surface area (Å²) in [5, 5.41) is 0. The van der Waals surface area contributed by atoms with Gasteiger partial charge in [-0.25, -0.2) is 0 Å². The average Bonchev–Trinajstić information content (AvgIpc) is 2.57. The number of carbonyl (C=O) groups is 2. The topological polar surface area (TPSA) is 39.1 Å². The van der Waals surface area contributed by atoms with Crippen LogP contribution in [0, 0.1) is 0 Å². The van der Waals surface area contributed by atoms with Gasteiger partial charge in [0, 0.05) is 25.2 Å². The van der Waals surface area contributed by atoms with E-state index in [1.165, 1.54) is 0 Å². The fourth-order valence-corrected chi connectivity index (χ4v) is 1.61. The molecule has 6 heteroatoms. The van der Waals surface area contributed by atoms with Crippen molar-refractivity contribution in [2.24, 2.45) is 0 Å². The van der Waals surface area contributed by atoms with Crippen LogP contribution in [-0.2, 0) is 17.6 Å². The number of Topliss-reactive ketones (excluding diaryl/α,β-unsaturated/α-hetero) is 1. The first-order valence-corrected chi connectivity index (χ1v) is 4.21. The van der Waals surface area contributed by atoms with E-state index in [0.29, 0.717) is 15.7 Å². The van der Waals surface area contributed by atoms with Gasteiger partial charge in [0.05, 0.1) is 0 Å². The number of carbonyl (C=O) groups excluding carboxylic acids is 2. The third-order valence-electron chi connectivity index (χ3n) is 2.25. The van der Waals surface area contributed by atoms with E-state index in [1.807, 2.05) is 0 Å². The predicted molar refractivity (Wildman–Crippen MR) is 43.5 cm³/mol. The average molecular weight is 217 g/mol. The zero-order chi connectivity index (χ0) is 11.2. The third kappa shape index (κ3) is 1.67. The SMILES string of the molecule is O=C1Cc2cn(C(=O)C(F)(F)F)cc2C1. The molecule has 0 aromatic carbocycles. The molecule has 0 N–H and O–H groups in total. The molecule has 15 heavy (non-hydrogen) atoms. The van der Waals surface area contributed by atoms with Gasteiger partial charge in [-0.2, -0.15) is 13.2 Å². The third-order valence-corrected chi connectivity index (χ3v) is 2.25. The largest absolute Gasteiger partial charge is 0.472 e. The maximum Gasteiger partial charge on any atom is 0.472 e. The quantitative estimate of drug-likeness (QED) is 0.658. The molecule has 1 aliphatic carbocycles. The second-order valence-electron chi connectivity index (χ2n) is 3.41. The fourth-order valence-electron chi connectivity index (χ4n) is 1.61. The molecular weight excluding hydrogens is 211 g/mol. The highest BCUT2D eigenvalue weighted by Gasteiger charge is 2.40. The molecule has 0 saturated carbocycles. The number of hydrogen-bond donors (Lipinski definition) is 0. The van der Waals surface area contributed by atoms with Crippen LogP contribution in [0.1, 0.15) is 15.9 Å². The Labute approximate surface area is 82.5 Å². The minimum Gasteiger partial charge on any atom is -0.299 e. The maximum absolute atomic E-state index is 12.0. The molecule has 1 aromatic heterocycles. The molecule has 0 bridgehead atoms. The number of ketones is 1. The molecule has 0 radical (unpaired) electrons. The van der Waals surface area contributed by atoms with Gasteiger partial charge in [0.15, 0.2) is 0 Å². The summed E-state index contributed by atoms with van der Waals surface area (Å²) < 4.78 is 36.6. The molecule has 0 spiro atoms. The highest BCUT2D eigenvalue weighted by molar-refractivity contribution is 5.90. The summed E-state index contributed by atoms with van der Waals surface area (Å²) >= 11 is 0. The zero-order valence-electron chi connectivity index (χ0n) is 7.47. The lowest BCUT2D eigenvalue weighted by atomic mass is 10.2. The second-order valence-corrected chi connectivity index (χ2v) is 3.41. The van der Waals surface area contributed by atoms with Crippen molar-refractivity contribution in [1.29, 1.82) is 0 Å². The summed E-state index contributed by atoms with van der Waals surface area (Å²) in [4.78, 5) is 21.7. The Bertz CT molecular complexity index is 419. The van der Waals surface area contributed by atoms with E-state index < -0.39 is 12.1 Å². The van der Waals surface area contributed by atoms with Crippen molar-refractivity contribution in [3.63, 3.8) is 0 Å². The summed E-state index contributed by atoms with van der Waals surface area (Å²) in [5.41, 5.74) is 1.02. The van der Waals surface area contributed by atoms with Crippen LogP contribution < -0.4 is 0 Å². The molecule has 1 aromatic rings. The van der Waals surface area contributed by atoms with Crippen LogP contribution in [-0.4, -0.2) is 22.4 Å². The molecular formula is C9H6F3NO2. The Balaban J connectivity index is 2.31. The van der Waals surface area contributed by atoms with Crippen molar-refractivity contribution < 1.29 is 22.8 Å². The molecule has 0 aliphatic heterocycles. The van der Waals surface area contributed by atoms with Crippen LogP contribution in [0.2, 0.25) is 0 Å². The Morgan fingerprint density at radius 1 is 1.20 bits per heavy atom. The molecule has 0 fully saturated rings. The summed E-state index contributed by atoms with van der Waals surface area (Å²) in [6.45, 7) is 0. The van der Waals surface area contributed by atoms with Gasteiger partial charge in [-0.3, -0.25) is 14.2 Å². The Hall–Kier alpha value is -1.59. The zero-order valence-corrected chi connectivity index (χ0v) is 7.47. The normalized spacial score (nSPS) is 15.5. The monoisotopic (exact) mass is 217 g/mol. The van der Waals surface area contributed by atoms with Crippen molar-refractivity contribution in [3.8, 4) is 0 Å². The fraction of sp³-hybridized carbons (Fsp3) is 0.333. The van der Waals surface area contributed by atoms with E-state index >= 15 is 0 Å². The van der Waals surface area contributed by atoms with E-state index in [0.717, 1.165) is 12.4 Å². The number of alkyl halides is 3. The highest BCUT2D eigenvalue weighted by Crippen LogP contribution is 2.24. The van der Waals surface area contributed by atoms with Crippen LogP contribution in [0.4, 0.5) is 13.2 Å². The van der Waals surface area contributed by atoms with Crippen molar-refractivity contribution in [1.82, 2.24) is 4.57 Å². The smallest absolute Gasteiger partial charge is 0.299 e. The lowest BCUT2D eigenvalue weighted by Crippen LogP contribution is -2.28. The number of hydrogen-bond acceptors (Lipinski definition) is 2. The van der Waals surface area contributed by atoms with Gasteiger partial charge in [-0.05, 0) is 11.1 Å². The van der Waals surface area contributed by atoms with Gasteiger partial charge in [0.2, 0.25) is 0 Å². The van der Waals surface area contributed by atoms with Crippen molar-refractivity contribution in [2.45, 2.75) is 19.0 Å². The van der Waals surface area contributed by atoms with Crippen LogP contribution >= 0.6 is 0 Å². The van der Waals surface area contributed by atoms with E-state index in [4.69, 9.17) is 0 Å². The molecule has 1 aliphatic rings. The molecule has 0 atom stereocenters. The van der Waals surface area contributed by atoms with E-state index in [2.05, 4.69) is 0 Å². The standard InChI is InChI=1S/C9H6F3NO2/c10-9(11,12)8(15)13-3-5-1-7(14)2-6(5)4-13/h3-4H,1-2H2. The van der Waals surface area contributed by atoms with Crippen LogP contribution in [0.5, 0.6) is 0 Å². The maximum atomic E-state index is 12.0. The Morgan fingerprint density at radius 2 is 1.67 bits per heavy atom. The first-order chi connectivity index (χ1) is 6.88. The number of fused-ring (bicyclic) bond motifs is 1. The summed E-state index contributed by atoms with van der Waals surface area (Å²) in [6.07, 6.45) is -2.48. The summed E-state index contributed by atoms with van der Waals surface area (Å²) in [5.74, 6) is -1.96. The number of nitrogens with zero attached hydrogens (tertiary/aromatic N) is 1. The molecule has 0 amide bonds. The van der Waals surface area contributed by atoms with Gasteiger partial charge < -0.3 is 0 Å². The van der Waals surface area contributed by atoms with E-state index in [-0.39, 0.29) is 18.6 Å². The molecule has 2 rings (SSSR count). The van der Waals surface area contributed by atoms with Gasteiger partial charge in [0.1, 0.15) is 5.78 Å². The lowest BCUT2D eigenvalue weighted by molar-refractivity contribution is -0.117. The van der Waals surface area contributed by atoms with Crippen LogP contribution in [0.3, 0.4) is 0 Å². The van der Waals surface area contributed by atoms with Crippen LogP contribution in [0.25, 0.3) is 0 Å². The van der Waals surface area contributed by atoms with Crippen molar-refractivity contribution >= 4 is 11.7 Å². The highest BCUT2D eigenvalue weighted by atomic mass is 19.4. The lowest BCUT2D eigenvalue weighted by Gasteiger charge is -2.04. The van der Waals surface area contributed by atoms with Gasteiger partial charge >= 0.3 is 12.1 Å². The Kier molecular flexibility index (Phi) is 1.95. The minimum atomic E-state index is -4.88. The Morgan fingerprint density at radius 3 is 2.07 bits per heavy atom. The molecule has 0 unspecified atom stereocenters. The van der Waals surface area contributed by atoms with Crippen LogP contribution in [0.15, 0.2) is 12.4 Å². The van der Waals surface area contributed by atoms with Gasteiger partial charge in [-0.15, -0.1) is 0 Å². The van der Waals surface area contributed by atoms with Gasteiger partial charge in [0.25, 0.3) is 0 Å². The van der Waals surface area contributed by atoms with Gasteiger partial charge in [-0.1, -0.05) is 0 Å². The first kappa shape index (κ1) is 9.95. The summed E-state index contributed by atoms with van der Waals surface area (Å²) in [6, 6.07) is 0.